The number of hydrogen-bond donors (Lipinski definition) is 2. The number of nitrogens with one attached hydrogen (secondary N) is 1. The van der Waals surface area contributed by atoms with Crippen LogP contribution in [0.5, 0.6) is 0 Å². The van der Waals surface area contributed by atoms with Crippen molar-refractivity contribution in [3.05, 3.63) is 24.0 Å². The monoisotopic (exact) mass is 293 g/mol. The van der Waals surface area contributed by atoms with Crippen LogP contribution in [0, 0.1) is 0 Å². The molecular weight excluding hydrogens is 270 g/mol. The largest absolute Gasteiger partial charge is 0.388 e. The van der Waals surface area contributed by atoms with Gasteiger partial charge >= 0.3 is 0 Å². The number of carbonyl (C=O) groups excluding carboxylic acids is 1. The molecule has 1 saturated heterocycles. The van der Waals surface area contributed by atoms with E-state index in [2.05, 4.69) is 10.3 Å². The van der Waals surface area contributed by atoms with E-state index in [9.17, 15) is 9.90 Å². The maximum Gasteiger partial charge on any atom is 0.255 e. The number of aromatic nitrogens is 1. The molecule has 1 fully saturated rings. The lowest BCUT2D eigenvalue weighted by Gasteiger charge is -2.35. The number of ether oxygens (including phenoxy) is 1. The Kier molecular flexibility index (Phi) is 5.14. The Hall–Kier alpha value is -1.66. The summed E-state index contributed by atoms with van der Waals surface area (Å²) < 4.78 is 5.26. The summed E-state index contributed by atoms with van der Waals surface area (Å²) in [6.45, 7) is 4.07. The number of nitrogens with zero attached hydrogens (tertiary/aromatic N) is 2. The van der Waals surface area contributed by atoms with Gasteiger partial charge in [0.15, 0.2) is 0 Å². The Morgan fingerprint density at radius 2 is 2.24 bits per heavy atom. The van der Waals surface area contributed by atoms with Crippen molar-refractivity contribution in [2.75, 3.05) is 38.7 Å². The van der Waals surface area contributed by atoms with Crippen LogP contribution in [0.25, 0.3) is 0 Å². The Balaban J connectivity index is 2.08. The number of likely N-dealkylation sites (N-methyl/N-ethyl adjacent to an activating group) is 1. The van der Waals surface area contributed by atoms with E-state index in [1.54, 1.807) is 30.4 Å². The molecule has 0 atom stereocenters. The third-order valence-electron chi connectivity index (χ3n) is 3.72. The van der Waals surface area contributed by atoms with E-state index in [0.717, 1.165) is 12.2 Å². The van der Waals surface area contributed by atoms with Gasteiger partial charge in [0, 0.05) is 52.4 Å². The molecule has 0 radical (unpaired) electrons. The zero-order chi connectivity index (χ0) is 15.3. The molecule has 1 aromatic rings. The van der Waals surface area contributed by atoms with E-state index < -0.39 is 5.60 Å². The Bertz CT molecular complexity index is 487. The maximum absolute atomic E-state index is 12.6. The van der Waals surface area contributed by atoms with Crippen molar-refractivity contribution in [1.29, 1.82) is 0 Å². The van der Waals surface area contributed by atoms with Crippen molar-refractivity contribution >= 4 is 11.6 Å². The molecule has 1 amide bonds. The maximum atomic E-state index is 12.6. The van der Waals surface area contributed by atoms with E-state index in [1.165, 1.54) is 0 Å². The van der Waals surface area contributed by atoms with Gasteiger partial charge in [-0.1, -0.05) is 0 Å². The number of rotatable bonds is 5. The van der Waals surface area contributed by atoms with Crippen LogP contribution in [0.4, 0.5) is 5.69 Å². The summed E-state index contributed by atoms with van der Waals surface area (Å²) in [5, 5.41) is 13.6. The van der Waals surface area contributed by atoms with E-state index in [4.69, 9.17) is 4.74 Å². The predicted octanol–water partition coefficient (Wildman–Crippen LogP) is 1.13. The highest BCUT2D eigenvalue weighted by Crippen LogP contribution is 2.23. The lowest BCUT2D eigenvalue weighted by molar-refractivity contribution is -0.0734. The standard InChI is InChI=1S/C15H23N3O3/c1-3-17-13-10-16-7-4-12(13)14(19)18(2)11-15(20)5-8-21-9-6-15/h4,7,10,17,20H,3,5-6,8-9,11H2,1-2H3. The normalized spacial score (nSPS) is 17.3. The van der Waals surface area contributed by atoms with Crippen molar-refractivity contribution in [2.24, 2.45) is 0 Å². The van der Waals surface area contributed by atoms with Crippen LogP contribution in [0.3, 0.4) is 0 Å². The van der Waals surface area contributed by atoms with Crippen molar-refractivity contribution in [1.82, 2.24) is 9.88 Å². The lowest BCUT2D eigenvalue weighted by Crippen LogP contribution is -2.47. The highest BCUT2D eigenvalue weighted by Gasteiger charge is 2.32. The first-order chi connectivity index (χ1) is 10.1. The first-order valence-electron chi connectivity index (χ1n) is 7.29. The van der Waals surface area contributed by atoms with Gasteiger partial charge in [-0.2, -0.15) is 0 Å². The van der Waals surface area contributed by atoms with Gasteiger partial charge in [-0.05, 0) is 13.0 Å². The molecule has 0 saturated carbocycles. The second kappa shape index (κ2) is 6.87. The Labute approximate surface area is 125 Å². The molecule has 1 aliphatic rings. The fraction of sp³-hybridized carbons (Fsp3) is 0.600. The van der Waals surface area contributed by atoms with Crippen LogP contribution in [0.1, 0.15) is 30.1 Å². The van der Waals surface area contributed by atoms with Crippen LogP contribution in [-0.4, -0.2) is 59.8 Å². The van der Waals surface area contributed by atoms with Crippen LogP contribution in [-0.2, 0) is 4.74 Å². The molecule has 0 unspecified atom stereocenters. The van der Waals surface area contributed by atoms with Crippen LogP contribution in [0.2, 0.25) is 0 Å². The smallest absolute Gasteiger partial charge is 0.255 e. The fourth-order valence-corrected chi connectivity index (χ4v) is 2.54. The van der Waals surface area contributed by atoms with Crippen molar-refractivity contribution in [2.45, 2.75) is 25.4 Å². The van der Waals surface area contributed by atoms with Crippen LogP contribution < -0.4 is 5.32 Å². The number of amides is 1. The van der Waals surface area contributed by atoms with Crippen molar-refractivity contribution < 1.29 is 14.6 Å². The molecule has 1 aromatic heterocycles. The molecule has 2 N–H and O–H groups in total. The average Bonchev–Trinajstić information content (AvgIpc) is 2.47. The molecular formula is C15H23N3O3. The molecule has 0 aliphatic carbocycles. The number of carbonyl (C=O) groups is 1. The molecule has 2 heterocycles. The average molecular weight is 293 g/mol. The third-order valence-corrected chi connectivity index (χ3v) is 3.72. The summed E-state index contributed by atoms with van der Waals surface area (Å²) in [6.07, 6.45) is 4.36. The molecule has 0 aromatic carbocycles. The second-order valence-electron chi connectivity index (χ2n) is 5.45. The number of pyridine rings is 1. The summed E-state index contributed by atoms with van der Waals surface area (Å²) in [5.41, 5.74) is 0.439. The van der Waals surface area contributed by atoms with Crippen molar-refractivity contribution in [3.8, 4) is 0 Å². The second-order valence-corrected chi connectivity index (χ2v) is 5.45. The predicted molar refractivity (Wildman–Crippen MR) is 80.4 cm³/mol. The lowest BCUT2D eigenvalue weighted by atomic mass is 9.93. The van der Waals surface area contributed by atoms with Crippen LogP contribution in [0.15, 0.2) is 18.5 Å². The zero-order valence-electron chi connectivity index (χ0n) is 12.6. The van der Waals surface area contributed by atoms with E-state index in [1.807, 2.05) is 6.92 Å². The van der Waals surface area contributed by atoms with E-state index in [0.29, 0.717) is 38.2 Å². The van der Waals surface area contributed by atoms with Gasteiger partial charge in [-0.15, -0.1) is 0 Å². The Morgan fingerprint density at radius 1 is 1.52 bits per heavy atom. The number of hydrogen-bond acceptors (Lipinski definition) is 5. The van der Waals surface area contributed by atoms with Gasteiger partial charge in [0.2, 0.25) is 0 Å². The summed E-state index contributed by atoms with van der Waals surface area (Å²) in [7, 11) is 1.71. The molecule has 0 spiro atoms. The van der Waals surface area contributed by atoms with Crippen molar-refractivity contribution in [3.63, 3.8) is 0 Å². The highest BCUT2D eigenvalue weighted by atomic mass is 16.5. The molecule has 6 heteroatoms. The van der Waals surface area contributed by atoms with Crippen LogP contribution >= 0.6 is 0 Å². The summed E-state index contributed by atoms with van der Waals surface area (Å²) in [5.74, 6) is -0.117. The van der Waals surface area contributed by atoms with Gasteiger partial charge in [0.25, 0.3) is 5.91 Å². The fourth-order valence-electron chi connectivity index (χ4n) is 2.54. The molecule has 21 heavy (non-hydrogen) atoms. The van der Waals surface area contributed by atoms with Gasteiger partial charge in [0.1, 0.15) is 0 Å². The highest BCUT2D eigenvalue weighted by molar-refractivity contribution is 5.99. The first kappa shape index (κ1) is 15.7. The van der Waals surface area contributed by atoms with Gasteiger partial charge in [-0.3, -0.25) is 9.78 Å². The van der Waals surface area contributed by atoms with E-state index >= 15 is 0 Å². The SMILES string of the molecule is CCNc1cnccc1C(=O)N(C)CC1(O)CCOCC1. The first-order valence-corrected chi connectivity index (χ1v) is 7.29. The molecule has 1 aliphatic heterocycles. The molecule has 6 nitrogen and oxygen atoms in total. The van der Waals surface area contributed by atoms with Gasteiger partial charge < -0.3 is 20.1 Å². The molecule has 2 rings (SSSR count). The minimum Gasteiger partial charge on any atom is -0.388 e. The Morgan fingerprint density at radius 3 is 2.90 bits per heavy atom. The summed E-state index contributed by atoms with van der Waals surface area (Å²) in [6, 6.07) is 1.70. The summed E-state index contributed by atoms with van der Waals surface area (Å²) in [4.78, 5) is 18.2. The molecule has 0 bridgehead atoms. The minimum absolute atomic E-state index is 0.117. The summed E-state index contributed by atoms with van der Waals surface area (Å²) >= 11 is 0. The number of aliphatic hydroxyl groups is 1. The quantitative estimate of drug-likeness (QED) is 0.851. The minimum atomic E-state index is -0.853. The zero-order valence-corrected chi connectivity index (χ0v) is 12.6. The van der Waals surface area contributed by atoms with E-state index in [-0.39, 0.29) is 5.91 Å². The molecule has 116 valence electrons. The third kappa shape index (κ3) is 3.92. The number of anilines is 1. The topological polar surface area (TPSA) is 74.7 Å². The van der Waals surface area contributed by atoms with Gasteiger partial charge in [0.05, 0.1) is 23.0 Å². The van der Waals surface area contributed by atoms with Gasteiger partial charge in [-0.25, -0.2) is 0 Å².